The summed E-state index contributed by atoms with van der Waals surface area (Å²) < 4.78 is 89.6. The monoisotopic (exact) mass is 610 g/mol. The number of aliphatic imine (C=N–C) groups is 1. The van der Waals surface area contributed by atoms with Crippen LogP contribution in [0.2, 0.25) is 0 Å². The lowest BCUT2D eigenvalue weighted by Gasteiger charge is -2.31. The minimum atomic E-state index is -4.92. The molecule has 15 heteroatoms. The molecule has 41 heavy (non-hydrogen) atoms. The van der Waals surface area contributed by atoms with Crippen molar-refractivity contribution < 1.29 is 45.4 Å². The van der Waals surface area contributed by atoms with E-state index in [0.717, 1.165) is 17.8 Å². The van der Waals surface area contributed by atoms with Crippen LogP contribution in [0.4, 0.5) is 31.1 Å². The summed E-state index contributed by atoms with van der Waals surface area (Å²) in [5.74, 6) is 0.0611. The van der Waals surface area contributed by atoms with E-state index < -0.39 is 28.7 Å². The van der Waals surface area contributed by atoms with Crippen LogP contribution in [0.25, 0.3) is 0 Å². The number of nitrogens with zero attached hydrogens (tertiary/aromatic N) is 3. The molecule has 1 aromatic rings. The van der Waals surface area contributed by atoms with Crippen molar-refractivity contribution in [1.29, 1.82) is 0 Å². The summed E-state index contributed by atoms with van der Waals surface area (Å²) in [6, 6.07) is 1.72. The average molecular weight is 611 g/mol. The number of alkyl halides is 6. The molecule has 2 aliphatic rings. The number of benzene rings is 1. The first-order valence-electron chi connectivity index (χ1n) is 12.8. The number of amidine groups is 1. The second-order valence-electron chi connectivity index (χ2n) is 9.56. The molecule has 1 N–H and O–H groups in total. The number of ether oxygens (including phenoxy) is 2. The molecule has 0 saturated carbocycles. The molecule has 0 atom stereocenters. The van der Waals surface area contributed by atoms with Crippen LogP contribution >= 0.6 is 11.8 Å². The molecule has 0 radical (unpaired) electrons. The Morgan fingerprint density at radius 2 is 1.73 bits per heavy atom. The van der Waals surface area contributed by atoms with Gasteiger partial charge in [-0.15, -0.1) is 0 Å². The number of nitrogens with one attached hydrogen (secondary N) is 1. The Balaban J connectivity index is 1.59. The summed E-state index contributed by atoms with van der Waals surface area (Å²) in [5, 5.41) is 2.50. The highest BCUT2D eigenvalue weighted by molar-refractivity contribution is 8.18. The summed E-state index contributed by atoms with van der Waals surface area (Å²) in [6.45, 7) is 2.05. The minimum absolute atomic E-state index is 0.00283. The van der Waals surface area contributed by atoms with Crippen molar-refractivity contribution in [2.75, 3.05) is 60.2 Å². The topological polar surface area (TPSA) is 83.5 Å². The number of thioether (sulfide) groups is 1. The average Bonchev–Trinajstić information content (AvgIpc) is 3.26. The van der Waals surface area contributed by atoms with E-state index in [1.165, 1.54) is 14.2 Å². The summed E-state index contributed by atoms with van der Waals surface area (Å²) in [7, 11) is 3.06. The van der Waals surface area contributed by atoms with Crippen molar-refractivity contribution in [2.24, 2.45) is 10.9 Å². The number of allylic oxidation sites excluding steroid dienone is 1. The van der Waals surface area contributed by atoms with E-state index in [1.54, 1.807) is 9.80 Å². The lowest BCUT2D eigenvalue weighted by Crippen LogP contribution is -2.43. The van der Waals surface area contributed by atoms with Crippen LogP contribution < -0.4 is 5.32 Å². The van der Waals surface area contributed by atoms with Crippen molar-refractivity contribution in [1.82, 2.24) is 15.1 Å². The van der Waals surface area contributed by atoms with Gasteiger partial charge in [0.05, 0.1) is 35.8 Å². The second kappa shape index (κ2) is 14.5. The fourth-order valence-electron chi connectivity index (χ4n) is 4.47. The van der Waals surface area contributed by atoms with Crippen LogP contribution in [0.1, 0.15) is 29.5 Å². The van der Waals surface area contributed by atoms with Gasteiger partial charge >= 0.3 is 17.6 Å². The Morgan fingerprint density at radius 1 is 1.10 bits per heavy atom. The molecule has 2 amide bonds. The highest BCUT2D eigenvalue weighted by Gasteiger charge is 2.38. The number of carbonyl (C=O) groups excluding carboxylic acids is 2. The molecule has 0 unspecified atom stereocenters. The molecule has 8 nitrogen and oxygen atoms in total. The largest absolute Gasteiger partial charge is 0.416 e. The van der Waals surface area contributed by atoms with E-state index in [4.69, 9.17) is 9.47 Å². The second-order valence-corrected chi connectivity index (χ2v) is 10.6. The van der Waals surface area contributed by atoms with E-state index in [2.05, 4.69) is 10.3 Å². The van der Waals surface area contributed by atoms with Gasteiger partial charge in [0.2, 0.25) is 5.91 Å². The van der Waals surface area contributed by atoms with Crippen molar-refractivity contribution in [3.05, 3.63) is 45.9 Å². The number of halogens is 6. The lowest BCUT2D eigenvalue weighted by atomic mass is 9.95. The maximum absolute atomic E-state index is 13.5. The first-order chi connectivity index (χ1) is 19.3. The number of hydrogen-bond donors (Lipinski definition) is 1. The quantitative estimate of drug-likeness (QED) is 0.361. The summed E-state index contributed by atoms with van der Waals surface area (Å²) in [6.07, 6.45) is -6.79. The van der Waals surface area contributed by atoms with Crippen LogP contribution in [-0.2, 0) is 33.2 Å². The first kappa shape index (κ1) is 32.9. The number of carbonyl (C=O) groups is 2. The van der Waals surface area contributed by atoms with Crippen molar-refractivity contribution in [2.45, 2.75) is 31.7 Å². The maximum Gasteiger partial charge on any atom is 0.416 e. The molecule has 228 valence electrons. The van der Waals surface area contributed by atoms with E-state index >= 15 is 0 Å². The van der Waals surface area contributed by atoms with Crippen molar-refractivity contribution in [3.8, 4) is 0 Å². The Morgan fingerprint density at radius 3 is 2.29 bits per heavy atom. The van der Waals surface area contributed by atoms with Gasteiger partial charge in [0, 0.05) is 33.9 Å². The Bertz CT molecular complexity index is 1130. The van der Waals surface area contributed by atoms with Crippen molar-refractivity contribution >= 4 is 28.7 Å². The summed E-state index contributed by atoms with van der Waals surface area (Å²) in [4.78, 5) is 32.6. The van der Waals surface area contributed by atoms with Gasteiger partial charge in [-0.3, -0.25) is 14.5 Å². The third-order valence-corrected chi connectivity index (χ3v) is 7.50. The molecule has 0 spiro atoms. The highest BCUT2D eigenvalue weighted by atomic mass is 32.2. The van der Waals surface area contributed by atoms with Crippen molar-refractivity contribution in [3.63, 3.8) is 0 Å². The maximum atomic E-state index is 13.5. The van der Waals surface area contributed by atoms with Gasteiger partial charge in [-0.2, -0.15) is 31.3 Å². The lowest BCUT2D eigenvalue weighted by molar-refractivity contribution is -0.143. The molecule has 2 heterocycles. The molecule has 1 saturated heterocycles. The van der Waals surface area contributed by atoms with Crippen LogP contribution in [0.15, 0.2) is 34.2 Å². The molecule has 1 aromatic carbocycles. The van der Waals surface area contributed by atoms with Gasteiger partial charge < -0.3 is 19.7 Å². The third-order valence-electron chi connectivity index (χ3n) is 6.68. The zero-order valence-corrected chi connectivity index (χ0v) is 23.4. The Kier molecular flexibility index (Phi) is 11.6. The highest BCUT2D eigenvalue weighted by Crippen LogP contribution is 2.38. The Hall–Kier alpha value is -2.62. The smallest absolute Gasteiger partial charge is 0.383 e. The zero-order chi connectivity index (χ0) is 30.2. The number of piperidine rings is 1. The number of hydrogen-bond acceptors (Lipinski definition) is 7. The zero-order valence-electron chi connectivity index (χ0n) is 22.6. The third kappa shape index (κ3) is 9.72. The fourth-order valence-corrected chi connectivity index (χ4v) is 5.27. The van der Waals surface area contributed by atoms with Crippen LogP contribution in [0.5, 0.6) is 0 Å². The fraction of sp³-hybridized carbons (Fsp3) is 0.577. The number of methoxy groups -OCH3 is 2. The normalized spacial score (nSPS) is 18.2. The van der Waals surface area contributed by atoms with E-state index in [0.29, 0.717) is 63.2 Å². The first-order valence-corrected chi connectivity index (χ1v) is 13.6. The Labute approximate surface area is 238 Å². The SMILES string of the molecule is COCCN(CCOC)C(=O)CNC1=NC(=O)S/C1=C\C1CCN(Cc2ccc(C(F)(F)F)cc2C(F)(F)F)CC1. The molecule has 0 bridgehead atoms. The van der Waals surface area contributed by atoms with Crippen LogP contribution in [0, 0.1) is 5.92 Å². The number of rotatable bonds is 11. The molecule has 0 aliphatic carbocycles. The van der Waals surface area contributed by atoms with E-state index in [9.17, 15) is 35.9 Å². The van der Waals surface area contributed by atoms with Gasteiger partial charge in [-0.05, 0) is 61.3 Å². The summed E-state index contributed by atoms with van der Waals surface area (Å²) >= 11 is 0.927. The molecular weight excluding hydrogens is 578 g/mol. The molecule has 0 aromatic heterocycles. The number of likely N-dealkylation sites (tertiary alicyclic amines) is 1. The predicted octanol–water partition coefficient (Wildman–Crippen LogP) is 4.80. The van der Waals surface area contributed by atoms with Gasteiger partial charge in [-0.1, -0.05) is 12.1 Å². The minimum Gasteiger partial charge on any atom is -0.383 e. The molecular formula is C26H32F6N4O4S. The van der Waals surface area contributed by atoms with Crippen LogP contribution in [-0.4, -0.2) is 86.9 Å². The van der Waals surface area contributed by atoms with Gasteiger partial charge in [0.15, 0.2) is 0 Å². The summed E-state index contributed by atoms with van der Waals surface area (Å²) in [5.41, 5.74) is -2.84. The van der Waals surface area contributed by atoms with E-state index in [1.807, 2.05) is 6.08 Å². The number of amides is 2. The van der Waals surface area contributed by atoms with Crippen LogP contribution in [0.3, 0.4) is 0 Å². The molecule has 3 rings (SSSR count). The molecule has 2 aliphatic heterocycles. The van der Waals surface area contributed by atoms with E-state index in [-0.39, 0.29) is 42.4 Å². The predicted molar refractivity (Wildman–Crippen MR) is 141 cm³/mol. The standard InChI is InChI=1S/C26H32F6N4O4S/c1-39-11-9-36(10-12-40-2)22(37)15-33-23-21(41-24(38)34-23)13-17-5-7-35(8-6-17)16-18-3-4-19(25(27,28)29)14-20(18)26(30,31)32/h3-4,13-14,17H,5-12,15-16H2,1-2H3,(H,33,34,38)/b21-13-. The molecule has 1 fully saturated rings. The van der Waals surface area contributed by atoms with Gasteiger partial charge in [-0.25, -0.2) is 0 Å². The van der Waals surface area contributed by atoms with Gasteiger partial charge in [0.1, 0.15) is 5.84 Å². The van der Waals surface area contributed by atoms with Gasteiger partial charge in [0.25, 0.3) is 0 Å².